The molecule has 1 saturated carbocycles. The number of alkyl halides is 2. The molecule has 2 N–H and O–H groups in total. The zero-order valence-corrected chi connectivity index (χ0v) is 8.31. The van der Waals surface area contributed by atoms with E-state index in [2.05, 4.69) is 0 Å². The first-order valence-corrected chi connectivity index (χ1v) is 4.30. The highest BCUT2D eigenvalue weighted by atomic mass is 35.5. The van der Waals surface area contributed by atoms with Crippen LogP contribution in [0.3, 0.4) is 0 Å². The molecule has 0 aliphatic heterocycles. The van der Waals surface area contributed by atoms with E-state index in [4.69, 9.17) is 5.73 Å². The third-order valence-electron chi connectivity index (χ3n) is 2.61. The molecule has 1 aromatic carbocycles. The molecule has 1 fully saturated rings. The molecule has 0 amide bonds. The van der Waals surface area contributed by atoms with E-state index in [1.807, 2.05) is 6.07 Å². The Kier molecular flexibility index (Phi) is 3.12. The Bertz CT molecular complexity index is 302. The number of rotatable bonds is 2. The highest BCUT2D eigenvalue weighted by Crippen LogP contribution is 2.60. The third kappa shape index (κ3) is 1.62. The van der Waals surface area contributed by atoms with Crippen molar-refractivity contribution < 1.29 is 8.78 Å². The highest BCUT2D eigenvalue weighted by molar-refractivity contribution is 5.85. The van der Waals surface area contributed by atoms with E-state index in [-0.39, 0.29) is 19.0 Å². The summed E-state index contributed by atoms with van der Waals surface area (Å²) in [4.78, 5) is 0. The fraction of sp³-hybridized carbons (Fsp3) is 0.400. The van der Waals surface area contributed by atoms with Gasteiger partial charge in [0.1, 0.15) is 0 Å². The number of nitrogens with two attached hydrogens (primary N) is 1. The lowest BCUT2D eigenvalue weighted by Crippen LogP contribution is -2.06. The molecule has 1 aromatic rings. The molecule has 78 valence electrons. The van der Waals surface area contributed by atoms with Gasteiger partial charge in [0.2, 0.25) is 0 Å². The van der Waals surface area contributed by atoms with Gasteiger partial charge in [-0.25, -0.2) is 8.78 Å². The van der Waals surface area contributed by atoms with Crippen molar-refractivity contribution in [2.24, 2.45) is 11.7 Å². The summed E-state index contributed by atoms with van der Waals surface area (Å²) in [6.07, 6.45) is 0. The van der Waals surface area contributed by atoms with Gasteiger partial charge < -0.3 is 5.73 Å². The summed E-state index contributed by atoms with van der Waals surface area (Å²) < 4.78 is 26.1. The lowest BCUT2D eigenvalue weighted by molar-refractivity contribution is 0.0947. The second kappa shape index (κ2) is 3.83. The largest absolute Gasteiger partial charge is 0.330 e. The lowest BCUT2D eigenvalue weighted by atomic mass is 10.1. The van der Waals surface area contributed by atoms with Gasteiger partial charge in [0, 0.05) is 12.5 Å². The van der Waals surface area contributed by atoms with Gasteiger partial charge in [0.25, 0.3) is 5.92 Å². The Balaban J connectivity index is 0.000000980. The number of hydrogen-bond donors (Lipinski definition) is 1. The van der Waals surface area contributed by atoms with Gasteiger partial charge in [-0.15, -0.1) is 12.4 Å². The Morgan fingerprint density at radius 3 is 2.21 bits per heavy atom. The van der Waals surface area contributed by atoms with Crippen LogP contribution in [0.5, 0.6) is 0 Å². The van der Waals surface area contributed by atoms with Crippen LogP contribution in [0.1, 0.15) is 11.5 Å². The molecular weight excluding hydrogens is 208 g/mol. The molecule has 1 aliphatic carbocycles. The summed E-state index contributed by atoms with van der Waals surface area (Å²) in [7, 11) is 0. The van der Waals surface area contributed by atoms with Crippen LogP contribution in [-0.2, 0) is 0 Å². The van der Waals surface area contributed by atoms with Crippen LogP contribution in [0.4, 0.5) is 8.78 Å². The van der Waals surface area contributed by atoms with Crippen molar-refractivity contribution in [3.8, 4) is 0 Å². The second-order valence-electron chi connectivity index (χ2n) is 3.41. The van der Waals surface area contributed by atoms with Crippen molar-refractivity contribution in [2.45, 2.75) is 11.8 Å². The smallest absolute Gasteiger partial charge is 0.260 e. The SMILES string of the molecule is Cl.NC[C@@H]1[C@@H](c2ccccc2)C1(F)F. The second-order valence-corrected chi connectivity index (χ2v) is 3.41. The van der Waals surface area contributed by atoms with Crippen molar-refractivity contribution in [1.82, 2.24) is 0 Å². The maximum atomic E-state index is 13.1. The molecule has 0 bridgehead atoms. The average molecular weight is 220 g/mol. The summed E-state index contributed by atoms with van der Waals surface area (Å²) in [6, 6.07) is 8.83. The first-order chi connectivity index (χ1) is 6.18. The van der Waals surface area contributed by atoms with Crippen LogP contribution >= 0.6 is 12.4 Å². The molecule has 0 unspecified atom stereocenters. The van der Waals surface area contributed by atoms with E-state index in [0.717, 1.165) is 0 Å². The molecule has 0 saturated heterocycles. The maximum absolute atomic E-state index is 13.1. The molecule has 0 heterocycles. The standard InChI is InChI=1S/C10H11F2N.ClH/c11-10(12)8(6-13)9(10)7-4-2-1-3-5-7;/h1-5,8-9H,6,13H2;1H/t8-,9-;/m1./s1. The van der Waals surface area contributed by atoms with Crippen molar-refractivity contribution in [3.05, 3.63) is 35.9 Å². The minimum atomic E-state index is -2.59. The van der Waals surface area contributed by atoms with Crippen LogP contribution in [0.2, 0.25) is 0 Å². The van der Waals surface area contributed by atoms with Crippen LogP contribution in [0, 0.1) is 5.92 Å². The van der Waals surface area contributed by atoms with Crippen LogP contribution < -0.4 is 5.73 Å². The molecule has 4 heteroatoms. The van der Waals surface area contributed by atoms with Gasteiger partial charge in [-0.1, -0.05) is 30.3 Å². The van der Waals surface area contributed by atoms with Crippen molar-refractivity contribution >= 4 is 12.4 Å². The molecule has 0 spiro atoms. The number of halogens is 3. The highest BCUT2D eigenvalue weighted by Gasteiger charge is 2.67. The lowest BCUT2D eigenvalue weighted by Gasteiger charge is -1.96. The summed E-state index contributed by atoms with van der Waals surface area (Å²) in [6.45, 7) is 0.0621. The van der Waals surface area contributed by atoms with Crippen molar-refractivity contribution in [1.29, 1.82) is 0 Å². The first kappa shape index (κ1) is 11.4. The predicted octanol–water partition coefficient (Wildman–Crippen LogP) is 2.42. The zero-order valence-electron chi connectivity index (χ0n) is 7.49. The predicted molar refractivity (Wildman–Crippen MR) is 53.9 cm³/mol. The Labute approximate surface area is 87.7 Å². The molecule has 0 aromatic heterocycles. The summed E-state index contributed by atoms with van der Waals surface area (Å²) >= 11 is 0. The van der Waals surface area contributed by atoms with Crippen LogP contribution in [0.25, 0.3) is 0 Å². The van der Waals surface area contributed by atoms with E-state index < -0.39 is 17.8 Å². The number of hydrogen-bond acceptors (Lipinski definition) is 1. The first-order valence-electron chi connectivity index (χ1n) is 4.30. The summed E-state index contributed by atoms with van der Waals surface area (Å²) in [5.41, 5.74) is 5.95. The van der Waals surface area contributed by atoms with E-state index in [1.165, 1.54) is 0 Å². The van der Waals surface area contributed by atoms with E-state index in [1.54, 1.807) is 24.3 Å². The van der Waals surface area contributed by atoms with Crippen molar-refractivity contribution in [2.75, 3.05) is 6.54 Å². The van der Waals surface area contributed by atoms with Gasteiger partial charge in [-0.3, -0.25) is 0 Å². The van der Waals surface area contributed by atoms with Crippen LogP contribution in [0.15, 0.2) is 30.3 Å². The molecule has 2 rings (SSSR count). The van der Waals surface area contributed by atoms with E-state index in [9.17, 15) is 8.78 Å². The molecule has 14 heavy (non-hydrogen) atoms. The Morgan fingerprint density at radius 2 is 1.79 bits per heavy atom. The minimum Gasteiger partial charge on any atom is -0.330 e. The van der Waals surface area contributed by atoms with Gasteiger partial charge in [-0.05, 0) is 5.56 Å². The molecular formula is C10H12ClF2N. The monoisotopic (exact) mass is 219 g/mol. The topological polar surface area (TPSA) is 26.0 Å². The van der Waals surface area contributed by atoms with Gasteiger partial charge in [-0.2, -0.15) is 0 Å². The van der Waals surface area contributed by atoms with E-state index >= 15 is 0 Å². The average Bonchev–Trinajstić information content (AvgIpc) is 2.69. The zero-order chi connectivity index (χ0) is 9.47. The summed E-state index contributed by atoms with van der Waals surface area (Å²) in [5, 5.41) is 0. The quantitative estimate of drug-likeness (QED) is 0.812. The van der Waals surface area contributed by atoms with Crippen LogP contribution in [-0.4, -0.2) is 12.5 Å². The Hall–Kier alpha value is -0.670. The third-order valence-corrected chi connectivity index (χ3v) is 2.61. The summed E-state index contributed by atoms with van der Waals surface area (Å²) in [5.74, 6) is -3.90. The number of benzene rings is 1. The van der Waals surface area contributed by atoms with Crippen molar-refractivity contribution in [3.63, 3.8) is 0 Å². The van der Waals surface area contributed by atoms with Gasteiger partial charge >= 0.3 is 0 Å². The molecule has 2 atom stereocenters. The van der Waals surface area contributed by atoms with Gasteiger partial charge in [0.05, 0.1) is 5.92 Å². The molecule has 1 nitrogen and oxygen atoms in total. The molecule has 1 aliphatic rings. The van der Waals surface area contributed by atoms with Gasteiger partial charge in [0.15, 0.2) is 0 Å². The van der Waals surface area contributed by atoms with E-state index in [0.29, 0.717) is 5.56 Å². The fourth-order valence-electron chi connectivity index (χ4n) is 1.80. The minimum absolute atomic E-state index is 0. The molecule has 0 radical (unpaired) electrons. The Morgan fingerprint density at radius 1 is 1.21 bits per heavy atom. The normalized spacial score (nSPS) is 27.9. The maximum Gasteiger partial charge on any atom is 0.260 e. The fourth-order valence-corrected chi connectivity index (χ4v) is 1.80.